The molecule has 6 heteroatoms. The smallest absolute Gasteiger partial charge is 0.305 e. The van der Waals surface area contributed by atoms with E-state index in [1.807, 2.05) is 0 Å². The van der Waals surface area contributed by atoms with Gasteiger partial charge in [-0.25, -0.2) is 8.78 Å². The molecule has 3 N–H and O–H groups in total. The second-order valence-corrected chi connectivity index (χ2v) is 4.64. The van der Waals surface area contributed by atoms with E-state index >= 15 is 0 Å². The van der Waals surface area contributed by atoms with Gasteiger partial charge in [-0.1, -0.05) is 19.9 Å². The molecule has 0 amide bonds. The predicted molar refractivity (Wildman–Crippen MR) is 65.6 cm³/mol. The number of carbonyl (C=O) groups is 1. The van der Waals surface area contributed by atoms with E-state index in [4.69, 9.17) is 5.11 Å². The minimum atomic E-state index is -1.23. The van der Waals surface area contributed by atoms with Crippen LogP contribution in [0.3, 0.4) is 0 Å². The van der Waals surface area contributed by atoms with Gasteiger partial charge in [0.05, 0.1) is 12.5 Å². The van der Waals surface area contributed by atoms with E-state index in [0.717, 1.165) is 12.1 Å². The zero-order valence-corrected chi connectivity index (χ0v) is 10.7. The molecular formula is C13H17F2NO3. The molecule has 106 valence electrons. The average Bonchev–Trinajstić information content (AvgIpc) is 2.29. The van der Waals surface area contributed by atoms with Crippen LogP contribution >= 0.6 is 0 Å². The number of halogens is 2. The summed E-state index contributed by atoms with van der Waals surface area (Å²) in [5, 5.41) is 21.8. The standard InChI is InChI=1S/C13H17F2NO3/c1-7(2)16-11(6-12(17)18)13(19)8-3-4-9(14)10(15)5-8/h3-5,7,11,13,16,19H,6H2,1-2H3,(H,17,18). The third-order valence-corrected chi connectivity index (χ3v) is 2.61. The molecule has 0 radical (unpaired) electrons. The summed E-state index contributed by atoms with van der Waals surface area (Å²) in [6.07, 6.45) is -1.55. The molecule has 0 aliphatic rings. The van der Waals surface area contributed by atoms with E-state index in [1.54, 1.807) is 13.8 Å². The predicted octanol–water partition coefficient (Wildman–Crippen LogP) is 1.84. The Morgan fingerprint density at radius 3 is 2.42 bits per heavy atom. The minimum Gasteiger partial charge on any atom is -0.481 e. The Balaban J connectivity index is 2.93. The summed E-state index contributed by atoms with van der Waals surface area (Å²) in [4.78, 5) is 10.8. The van der Waals surface area contributed by atoms with Gasteiger partial charge in [0.1, 0.15) is 0 Å². The third-order valence-electron chi connectivity index (χ3n) is 2.61. The number of hydrogen-bond donors (Lipinski definition) is 3. The van der Waals surface area contributed by atoms with E-state index in [1.165, 1.54) is 6.07 Å². The first-order valence-corrected chi connectivity index (χ1v) is 5.92. The van der Waals surface area contributed by atoms with Crippen molar-refractivity contribution < 1.29 is 23.8 Å². The lowest BCUT2D eigenvalue weighted by atomic mass is 9.99. The SMILES string of the molecule is CC(C)NC(CC(=O)O)C(O)c1ccc(F)c(F)c1. The van der Waals surface area contributed by atoms with Crippen LogP contribution in [0, 0.1) is 11.6 Å². The van der Waals surface area contributed by atoms with Crippen LogP contribution in [0.25, 0.3) is 0 Å². The van der Waals surface area contributed by atoms with Gasteiger partial charge < -0.3 is 15.5 Å². The molecule has 4 nitrogen and oxygen atoms in total. The van der Waals surface area contributed by atoms with Crippen LogP contribution in [0.2, 0.25) is 0 Å². The Kier molecular flexibility index (Phi) is 5.38. The topological polar surface area (TPSA) is 69.6 Å². The molecule has 1 aromatic carbocycles. The summed E-state index contributed by atoms with van der Waals surface area (Å²) in [7, 11) is 0. The number of carboxylic acid groups (broad SMARTS) is 1. The lowest BCUT2D eigenvalue weighted by Crippen LogP contribution is -2.40. The van der Waals surface area contributed by atoms with Crippen molar-refractivity contribution in [3.8, 4) is 0 Å². The molecule has 0 saturated carbocycles. The third kappa shape index (κ3) is 4.57. The Morgan fingerprint density at radius 1 is 1.32 bits per heavy atom. The van der Waals surface area contributed by atoms with Crippen LogP contribution in [0.4, 0.5) is 8.78 Å². The molecule has 0 bridgehead atoms. The van der Waals surface area contributed by atoms with Crippen LogP contribution in [0.1, 0.15) is 31.9 Å². The van der Waals surface area contributed by atoms with Crippen molar-refractivity contribution >= 4 is 5.97 Å². The summed E-state index contributed by atoms with van der Waals surface area (Å²) in [5.74, 6) is -3.17. The first kappa shape index (κ1) is 15.5. The molecule has 0 aliphatic carbocycles. The van der Waals surface area contributed by atoms with Gasteiger partial charge in [-0.15, -0.1) is 0 Å². The molecule has 0 heterocycles. The van der Waals surface area contributed by atoms with Gasteiger partial charge in [-0.2, -0.15) is 0 Å². The summed E-state index contributed by atoms with van der Waals surface area (Å²) in [6, 6.07) is 2.18. The van der Waals surface area contributed by atoms with Gasteiger partial charge in [0.15, 0.2) is 11.6 Å². The lowest BCUT2D eigenvalue weighted by Gasteiger charge is -2.25. The molecular weight excluding hydrogens is 256 g/mol. The molecule has 2 atom stereocenters. The summed E-state index contributed by atoms with van der Waals surface area (Å²) in [6.45, 7) is 3.60. The fourth-order valence-electron chi connectivity index (χ4n) is 1.81. The van der Waals surface area contributed by atoms with Crippen molar-refractivity contribution in [2.45, 2.75) is 38.5 Å². The second kappa shape index (κ2) is 6.58. The number of benzene rings is 1. The van der Waals surface area contributed by atoms with Gasteiger partial charge >= 0.3 is 5.97 Å². The largest absolute Gasteiger partial charge is 0.481 e. The maximum absolute atomic E-state index is 13.1. The van der Waals surface area contributed by atoms with E-state index in [0.29, 0.717) is 0 Å². The molecule has 0 aromatic heterocycles. The van der Waals surface area contributed by atoms with Crippen LogP contribution in [-0.4, -0.2) is 28.3 Å². The molecule has 19 heavy (non-hydrogen) atoms. The molecule has 1 rings (SSSR count). The summed E-state index contributed by atoms with van der Waals surface area (Å²) < 4.78 is 25.9. The number of hydrogen-bond acceptors (Lipinski definition) is 3. The van der Waals surface area contributed by atoms with E-state index < -0.39 is 29.7 Å². The van der Waals surface area contributed by atoms with Crippen LogP contribution in [-0.2, 0) is 4.79 Å². The van der Waals surface area contributed by atoms with E-state index in [9.17, 15) is 18.7 Å². The Morgan fingerprint density at radius 2 is 1.95 bits per heavy atom. The quantitative estimate of drug-likeness (QED) is 0.739. The van der Waals surface area contributed by atoms with E-state index in [2.05, 4.69) is 5.32 Å². The fraction of sp³-hybridized carbons (Fsp3) is 0.462. The highest BCUT2D eigenvalue weighted by molar-refractivity contribution is 5.67. The van der Waals surface area contributed by atoms with Crippen LogP contribution < -0.4 is 5.32 Å². The number of aliphatic hydroxyl groups is 1. The maximum Gasteiger partial charge on any atom is 0.305 e. The number of carboxylic acids is 1. The number of aliphatic carboxylic acids is 1. The van der Waals surface area contributed by atoms with Crippen LogP contribution in [0.15, 0.2) is 18.2 Å². The summed E-state index contributed by atoms with van der Waals surface area (Å²) in [5.41, 5.74) is 0.137. The number of aliphatic hydroxyl groups excluding tert-OH is 1. The molecule has 0 spiro atoms. The lowest BCUT2D eigenvalue weighted by molar-refractivity contribution is -0.138. The Bertz CT molecular complexity index is 452. The zero-order valence-electron chi connectivity index (χ0n) is 10.7. The van der Waals surface area contributed by atoms with Crippen LogP contribution in [0.5, 0.6) is 0 Å². The first-order chi connectivity index (χ1) is 8.81. The molecule has 0 aliphatic heterocycles. The molecule has 1 aromatic rings. The highest BCUT2D eigenvalue weighted by atomic mass is 19.2. The number of rotatable bonds is 6. The fourth-order valence-corrected chi connectivity index (χ4v) is 1.81. The van der Waals surface area contributed by atoms with Crippen molar-refractivity contribution in [3.05, 3.63) is 35.4 Å². The first-order valence-electron chi connectivity index (χ1n) is 5.92. The van der Waals surface area contributed by atoms with Gasteiger partial charge in [0, 0.05) is 12.1 Å². The van der Waals surface area contributed by atoms with Gasteiger partial charge in [0.25, 0.3) is 0 Å². The normalized spacial score (nSPS) is 14.4. The maximum atomic E-state index is 13.1. The highest BCUT2D eigenvalue weighted by Gasteiger charge is 2.24. The van der Waals surface area contributed by atoms with Gasteiger partial charge in [0.2, 0.25) is 0 Å². The molecule has 2 unspecified atom stereocenters. The highest BCUT2D eigenvalue weighted by Crippen LogP contribution is 2.21. The van der Waals surface area contributed by atoms with Crippen molar-refractivity contribution in [3.63, 3.8) is 0 Å². The summed E-state index contributed by atoms with van der Waals surface area (Å²) >= 11 is 0. The van der Waals surface area contributed by atoms with Crippen molar-refractivity contribution in [2.24, 2.45) is 0 Å². The Labute approximate surface area is 110 Å². The van der Waals surface area contributed by atoms with Crippen molar-refractivity contribution in [1.82, 2.24) is 5.32 Å². The minimum absolute atomic E-state index is 0.0516. The van der Waals surface area contributed by atoms with Crippen molar-refractivity contribution in [2.75, 3.05) is 0 Å². The second-order valence-electron chi connectivity index (χ2n) is 4.64. The molecule has 0 saturated heterocycles. The van der Waals surface area contributed by atoms with Crippen molar-refractivity contribution in [1.29, 1.82) is 0 Å². The zero-order chi connectivity index (χ0) is 14.6. The number of nitrogens with one attached hydrogen (secondary N) is 1. The Hall–Kier alpha value is -1.53. The van der Waals surface area contributed by atoms with Gasteiger partial charge in [-0.05, 0) is 17.7 Å². The van der Waals surface area contributed by atoms with Gasteiger partial charge in [-0.3, -0.25) is 4.79 Å². The average molecular weight is 273 g/mol. The monoisotopic (exact) mass is 273 g/mol. The molecule has 0 fully saturated rings. The van der Waals surface area contributed by atoms with E-state index in [-0.39, 0.29) is 18.0 Å².